The van der Waals surface area contributed by atoms with E-state index in [1.165, 1.54) is 77.2 Å². The summed E-state index contributed by atoms with van der Waals surface area (Å²) in [6, 6.07) is 62.1. The molecule has 0 unspecified atom stereocenters. The number of hydrogen-bond donors (Lipinski definition) is 0. The van der Waals surface area contributed by atoms with Gasteiger partial charge in [-0.15, -0.1) is 0 Å². The Morgan fingerprint density at radius 3 is 1.68 bits per heavy atom. The molecule has 0 bridgehead atoms. The molecule has 4 nitrogen and oxygen atoms in total. The van der Waals surface area contributed by atoms with E-state index in [2.05, 4.69) is 170 Å². The van der Waals surface area contributed by atoms with Gasteiger partial charge in [0.05, 0.1) is 16.4 Å². The molecule has 8 aromatic carbocycles. The van der Waals surface area contributed by atoms with Crippen LogP contribution in [0.3, 0.4) is 0 Å². The lowest BCUT2D eigenvalue weighted by Crippen LogP contribution is -2.30. The highest BCUT2D eigenvalue weighted by Gasteiger charge is 2.50. The monoisotopic (exact) mass is 726 g/mol. The summed E-state index contributed by atoms with van der Waals surface area (Å²) >= 11 is 0. The van der Waals surface area contributed by atoms with Crippen LogP contribution in [0.25, 0.3) is 83.6 Å². The quantitative estimate of drug-likeness (QED) is 0.182. The molecule has 3 aliphatic rings. The number of aromatic nitrogens is 4. The molecule has 57 heavy (non-hydrogen) atoms. The van der Waals surface area contributed by atoms with Gasteiger partial charge in [0.2, 0.25) is 5.95 Å². The van der Waals surface area contributed by atoms with E-state index >= 15 is 0 Å². The van der Waals surface area contributed by atoms with Crippen LogP contribution in [0.1, 0.15) is 47.2 Å². The summed E-state index contributed by atoms with van der Waals surface area (Å²) in [5.74, 6) is 1.92. The molecule has 3 aliphatic carbocycles. The number of rotatable bonds is 3. The zero-order chi connectivity index (χ0) is 37.6. The van der Waals surface area contributed by atoms with Gasteiger partial charge in [0.1, 0.15) is 0 Å². The van der Waals surface area contributed by atoms with E-state index in [0.717, 1.165) is 22.2 Å². The maximum atomic E-state index is 5.42. The summed E-state index contributed by atoms with van der Waals surface area (Å²) in [6.07, 6.45) is 0. The molecular weight excluding hydrogens is 693 g/mol. The second-order valence-corrected chi connectivity index (χ2v) is 16.3. The van der Waals surface area contributed by atoms with Crippen LogP contribution in [-0.4, -0.2) is 19.5 Å². The van der Waals surface area contributed by atoms with Gasteiger partial charge in [-0.05, 0) is 84.6 Å². The highest BCUT2D eigenvalue weighted by molar-refractivity contribution is 6.26. The summed E-state index contributed by atoms with van der Waals surface area (Å²) in [6.45, 7) is 4.64. The summed E-state index contributed by atoms with van der Waals surface area (Å²) < 4.78 is 2.29. The molecule has 0 aliphatic heterocycles. The van der Waals surface area contributed by atoms with Crippen LogP contribution in [0.4, 0.5) is 0 Å². The predicted octanol–water partition coefficient (Wildman–Crippen LogP) is 12.4. The Labute approximate surface area is 329 Å². The molecule has 0 radical (unpaired) electrons. The molecule has 0 amide bonds. The van der Waals surface area contributed by atoms with Crippen LogP contribution in [0, 0.1) is 0 Å². The second kappa shape index (κ2) is 10.8. The molecule has 266 valence electrons. The first kappa shape index (κ1) is 31.1. The Kier molecular flexibility index (Phi) is 5.87. The third-order valence-electron chi connectivity index (χ3n) is 13.3. The third kappa shape index (κ3) is 3.80. The smallest absolute Gasteiger partial charge is 0.238 e. The minimum absolute atomic E-state index is 0.148. The van der Waals surface area contributed by atoms with Crippen molar-refractivity contribution in [1.82, 2.24) is 19.5 Å². The molecule has 0 fully saturated rings. The molecule has 2 heterocycles. The van der Waals surface area contributed by atoms with E-state index in [4.69, 9.17) is 15.0 Å². The van der Waals surface area contributed by atoms with Crippen molar-refractivity contribution in [2.24, 2.45) is 0 Å². The van der Waals surface area contributed by atoms with Crippen molar-refractivity contribution >= 4 is 32.6 Å². The maximum Gasteiger partial charge on any atom is 0.238 e. The first-order valence-corrected chi connectivity index (χ1v) is 19.8. The van der Waals surface area contributed by atoms with Crippen molar-refractivity contribution in [3.8, 4) is 51.0 Å². The molecule has 0 saturated carbocycles. The van der Waals surface area contributed by atoms with Gasteiger partial charge in [-0.1, -0.05) is 166 Å². The molecule has 0 N–H and O–H groups in total. The second-order valence-electron chi connectivity index (χ2n) is 16.3. The van der Waals surface area contributed by atoms with Crippen molar-refractivity contribution in [1.29, 1.82) is 0 Å². The first-order valence-electron chi connectivity index (χ1n) is 19.8. The Hall–Kier alpha value is -7.17. The fraction of sp³-hybridized carbons (Fsp3) is 0.0755. The van der Waals surface area contributed by atoms with Crippen LogP contribution in [0.15, 0.2) is 170 Å². The minimum atomic E-state index is -0.478. The van der Waals surface area contributed by atoms with Crippen LogP contribution in [0.2, 0.25) is 0 Å². The lowest BCUT2D eigenvalue weighted by Gasteiger charge is -2.37. The maximum absolute atomic E-state index is 5.42. The normalized spacial score (nSPS) is 14.8. The third-order valence-corrected chi connectivity index (χ3v) is 13.3. The predicted molar refractivity (Wildman–Crippen MR) is 231 cm³/mol. The van der Waals surface area contributed by atoms with Gasteiger partial charge < -0.3 is 0 Å². The molecule has 0 atom stereocenters. The topological polar surface area (TPSA) is 43.6 Å². The average molecular weight is 727 g/mol. The molecule has 1 spiro atoms. The van der Waals surface area contributed by atoms with Gasteiger partial charge >= 0.3 is 0 Å². The zero-order valence-electron chi connectivity index (χ0n) is 31.5. The van der Waals surface area contributed by atoms with Gasteiger partial charge in [0.25, 0.3) is 0 Å². The van der Waals surface area contributed by atoms with E-state index in [9.17, 15) is 0 Å². The van der Waals surface area contributed by atoms with Crippen LogP contribution in [0.5, 0.6) is 0 Å². The zero-order valence-corrected chi connectivity index (χ0v) is 31.5. The molecule has 10 aromatic rings. The summed E-state index contributed by atoms with van der Waals surface area (Å²) in [5, 5.41) is 5.03. The lowest BCUT2D eigenvalue weighted by molar-refractivity contribution is 0.660. The van der Waals surface area contributed by atoms with E-state index in [-0.39, 0.29) is 5.41 Å². The Balaban J connectivity index is 1.12. The van der Waals surface area contributed by atoms with E-state index in [0.29, 0.717) is 17.6 Å². The lowest BCUT2D eigenvalue weighted by atomic mass is 9.63. The van der Waals surface area contributed by atoms with Crippen LogP contribution >= 0.6 is 0 Å². The SMILES string of the molecule is CC1(C)c2ccccc2-c2ccc(-c3nc(-c4ccccc4)nc(-n4c5cccc6c5c5c7c(cccc7ccc54)C64c5ccccc5-c5ccccc54)n3)cc21. The number of hydrogen-bond acceptors (Lipinski definition) is 3. The van der Waals surface area contributed by atoms with Gasteiger partial charge in [0.15, 0.2) is 11.6 Å². The number of nitrogens with zero attached hydrogens (tertiary/aromatic N) is 4. The molecule has 4 heteroatoms. The Bertz CT molecular complexity index is 3340. The highest BCUT2D eigenvalue weighted by atomic mass is 15.2. The Morgan fingerprint density at radius 1 is 0.386 bits per heavy atom. The van der Waals surface area contributed by atoms with Crippen LogP contribution in [-0.2, 0) is 10.8 Å². The fourth-order valence-corrected chi connectivity index (χ4v) is 10.9. The highest BCUT2D eigenvalue weighted by Crippen LogP contribution is 2.62. The van der Waals surface area contributed by atoms with E-state index in [1.807, 2.05) is 18.2 Å². The Morgan fingerprint density at radius 2 is 0.947 bits per heavy atom. The molecule has 2 aromatic heterocycles. The average Bonchev–Trinajstić information content (AvgIpc) is 3.85. The number of fused-ring (bicyclic) bond motifs is 10. The van der Waals surface area contributed by atoms with Crippen molar-refractivity contribution in [3.05, 3.63) is 203 Å². The van der Waals surface area contributed by atoms with Gasteiger partial charge in [-0.25, -0.2) is 4.98 Å². The summed E-state index contributed by atoms with van der Waals surface area (Å²) in [7, 11) is 0. The summed E-state index contributed by atoms with van der Waals surface area (Å²) in [5.41, 5.74) is 16.6. The largest absolute Gasteiger partial charge is 0.278 e. The van der Waals surface area contributed by atoms with Crippen molar-refractivity contribution in [3.63, 3.8) is 0 Å². The first-order chi connectivity index (χ1) is 28.0. The van der Waals surface area contributed by atoms with Crippen molar-refractivity contribution < 1.29 is 0 Å². The minimum Gasteiger partial charge on any atom is -0.278 e. The van der Waals surface area contributed by atoms with E-state index in [1.54, 1.807) is 0 Å². The standard InChI is InChI=1S/C53H34N4/c1-52(2)38-20-9-6-17-34(38)37-28-26-33(30-43(37)52)50-54-49(32-14-4-3-5-15-32)55-51(56-50)57-44-25-13-24-42-47(44)48-45(57)29-27-31-16-12-23-41(46(31)48)53(42)39-21-10-7-18-35(39)36-19-8-11-22-40(36)53/h3-30H,1-2H3. The van der Waals surface area contributed by atoms with Gasteiger partial charge in [-0.2, -0.15) is 9.97 Å². The van der Waals surface area contributed by atoms with E-state index < -0.39 is 5.41 Å². The molecule has 13 rings (SSSR count). The van der Waals surface area contributed by atoms with Gasteiger partial charge in [-0.3, -0.25) is 4.57 Å². The number of benzene rings is 8. The van der Waals surface area contributed by atoms with Crippen molar-refractivity contribution in [2.75, 3.05) is 0 Å². The van der Waals surface area contributed by atoms with Crippen LogP contribution < -0.4 is 0 Å². The van der Waals surface area contributed by atoms with Gasteiger partial charge in [0, 0.05) is 27.3 Å². The summed E-state index contributed by atoms with van der Waals surface area (Å²) in [4.78, 5) is 16.0. The fourth-order valence-electron chi connectivity index (χ4n) is 10.9. The van der Waals surface area contributed by atoms with Crippen molar-refractivity contribution in [2.45, 2.75) is 24.7 Å². The molecular formula is C53H34N4. The molecule has 0 saturated heterocycles.